The van der Waals surface area contributed by atoms with Crippen LogP contribution in [0, 0.1) is 5.92 Å². The molecular formula is C14H24N2O3. The second-order valence-corrected chi connectivity index (χ2v) is 6.29. The number of hydrogen-bond donors (Lipinski definition) is 2. The van der Waals surface area contributed by atoms with Crippen molar-refractivity contribution in [1.82, 2.24) is 10.2 Å². The van der Waals surface area contributed by atoms with E-state index in [1.807, 2.05) is 13.8 Å². The molecule has 1 aliphatic heterocycles. The maximum Gasteiger partial charge on any atom is 0.326 e. The summed E-state index contributed by atoms with van der Waals surface area (Å²) < 4.78 is 0. The predicted octanol–water partition coefficient (Wildman–Crippen LogP) is 1.23. The van der Waals surface area contributed by atoms with E-state index in [1.54, 1.807) is 11.9 Å². The molecule has 0 aromatic heterocycles. The van der Waals surface area contributed by atoms with Gasteiger partial charge in [0.2, 0.25) is 5.91 Å². The van der Waals surface area contributed by atoms with Gasteiger partial charge in [-0.15, -0.1) is 0 Å². The molecule has 0 aromatic carbocycles. The van der Waals surface area contributed by atoms with E-state index in [2.05, 4.69) is 5.32 Å². The minimum Gasteiger partial charge on any atom is -0.480 e. The fraction of sp³-hybridized carbons (Fsp3) is 0.857. The third-order valence-electron chi connectivity index (χ3n) is 4.77. The fourth-order valence-corrected chi connectivity index (χ4v) is 3.40. The van der Waals surface area contributed by atoms with Crippen molar-refractivity contribution in [1.29, 1.82) is 0 Å². The van der Waals surface area contributed by atoms with Crippen LogP contribution in [0.5, 0.6) is 0 Å². The van der Waals surface area contributed by atoms with Gasteiger partial charge in [0.25, 0.3) is 0 Å². The molecule has 5 heteroatoms. The van der Waals surface area contributed by atoms with Crippen molar-refractivity contribution in [3.05, 3.63) is 0 Å². The highest BCUT2D eigenvalue weighted by Gasteiger charge is 2.50. The van der Waals surface area contributed by atoms with Crippen LogP contribution in [0.3, 0.4) is 0 Å². The number of nitrogens with zero attached hydrogens (tertiary/aromatic N) is 1. The number of carbonyl (C=O) groups excluding carboxylic acids is 1. The van der Waals surface area contributed by atoms with Gasteiger partial charge in [0.15, 0.2) is 0 Å². The molecule has 1 saturated heterocycles. The fourth-order valence-electron chi connectivity index (χ4n) is 3.40. The number of rotatable bonds is 3. The Morgan fingerprint density at radius 1 is 1.26 bits per heavy atom. The highest BCUT2D eigenvalue weighted by molar-refractivity contribution is 5.90. The average Bonchev–Trinajstić information content (AvgIpc) is 2.77. The van der Waals surface area contributed by atoms with Crippen molar-refractivity contribution in [2.24, 2.45) is 5.92 Å². The first kappa shape index (κ1) is 14.3. The summed E-state index contributed by atoms with van der Waals surface area (Å²) in [6.45, 7) is 3.62. The van der Waals surface area contributed by atoms with Crippen LogP contribution in [0.1, 0.15) is 46.0 Å². The molecule has 0 spiro atoms. The van der Waals surface area contributed by atoms with Crippen molar-refractivity contribution < 1.29 is 14.7 Å². The lowest BCUT2D eigenvalue weighted by atomic mass is 9.84. The molecule has 2 fully saturated rings. The Morgan fingerprint density at radius 2 is 1.89 bits per heavy atom. The van der Waals surface area contributed by atoms with Crippen LogP contribution >= 0.6 is 0 Å². The predicted molar refractivity (Wildman–Crippen MR) is 71.8 cm³/mol. The quantitative estimate of drug-likeness (QED) is 0.807. The topological polar surface area (TPSA) is 69.6 Å². The minimum atomic E-state index is -0.866. The van der Waals surface area contributed by atoms with Crippen molar-refractivity contribution in [3.8, 4) is 0 Å². The standard InChI is InChI=1S/C14H24N2O3/c1-14(2,15-3)13(19)16-10-7-5-4-6-9(10)8-11(16)12(17)18/h9-11,15H,4-8H2,1-3H3,(H,17,18). The highest BCUT2D eigenvalue weighted by Crippen LogP contribution is 2.40. The molecule has 1 amide bonds. The molecule has 108 valence electrons. The molecule has 19 heavy (non-hydrogen) atoms. The Morgan fingerprint density at radius 3 is 2.47 bits per heavy atom. The van der Waals surface area contributed by atoms with Gasteiger partial charge in [-0.25, -0.2) is 4.79 Å². The number of carboxylic acids is 1. The zero-order valence-electron chi connectivity index (χ0n) is 12.0. The van der Waals surface area contributed by atoms with E-state index in [9.17, 15) is 14.7 Å². The number of fused-ring (bicyclic) bond motifs is 1. The average molecular weight is 268 g/mol. The third kappa shape index (κ3) is 2.48. The van der Waals surface area contributed by atoms with Gasteiger partial charge in [-0.3, -0.25) is 4.79 Å². The van der Waals surface area contributed by atoms with Gasteiger partial charge in [-0.05, 0) is 46.1 Å². The first-order valence-electron chi connectivity index (χ1n) is 7.13. The number of amides is 1. The number of carbonyl (C=O) groups is 2. The van der Waals surface area contributed by atoms with Crippen LogP contribution in [0.15, 0.2) is 0 Å². The van der Waals surface area contributed by atoms with Crippen LogP contribution in [0.25, 0.3) is 0 Å². The number of likely N-dealkylation sites (tertiary alicyclic amines) is 1. The van der Waals surface area contributed by atoms with Crippen LogP contribution in [0.4, 0.5) is 0 Å². The van der Waals surface area contributed by atoms with Crippen LogP contribution < -0.4 is 5.32 Å². The molecule has 2 aliphatic rings. The first-order chi connectivity index (χ1) is 8.88. The normalized spacial score (nSPS) is 31.1. The Labute approximate surface area is 114 Å². The SMILES string of the molecule is CNC(C)(C)C(=O)N1C(C(=O)O)CC2CCCCC21. The number of aliphatic carboxylic acids is 1. The van der Waals surface area contributed by atoms with E-state index in [0.29, 0.717) is 12.3 Å². The van der Waals surface area contributed by atoms with Crippen molar-refractivity contribution in [2.45, 2.75) is 63.6 Å². The van der Waals surface area contributed by atoms with Crippen molar-refractivity contribution in [3.63, 3.8) is 0 Å². The summed E-state index contributed by atoms with van der Waals surface area (Å²) in [7, 11) is 1.74. The van der Waals surface area contributed by atoms with Gasteiger partial charge in [0, 0.05) is 6.04 Å². The summed E-state index contributed by atoms with van der Waals surface area (Å²) in [5, 5.41) is 12.4. The summed E-state index contributed by atoms with van der Waals surface area (Å²) in [6.07, 6.45) is 4.87. The first-order valence-corrected chi connectivity index (χ1v) is 7.13. The monoisotopic (exact) mass is 268 g/mol. The van der Waals surface area contributed by atoms with Gasteiger partial charge in [0.05, 0.1) is 5.54 Å². The molecule has 0 bridgehead atoms. The van der Waals surface area contributed by atoms with Crippen LogP contribution in [0.2, 0.25) is 0 Å². The molecular weight excluding hydrogens is 244 g/mol. The summed E-state index contributed by atoms with van der Waals surface area (Å²) in [6, 6.07) is -0.525. The van der Waals surface area contributed by atoms with Crippen molar-refractivity contribution >= 4 is 11.9 Å². The van der Waals surface area contributed by atoms with Gasteiger partial charge in [-0.1, -0.05) is 12.8 Å². The molecule has 1 heterocycles. The molecule has 1 aliphatic carbocycles. The number of hydrogen-bond acceptors (Lipinski definition) is 3. The Bertz CT molecular complexity index is 381. The maximum atomic E-state index is 12.7. The van der Waals surface area contributed by atoms with Gasteiger partial charge in [0.1, 0.15) is 6.04 Å². The number of carboxylic acid groups (broad SMARTS) is 1. The Hall–Kier alpha value is -1.10. The van der Waals surface area contributed by atoms with Crippen LogP contribution in [-0.4, -0.2) is 46.6 Å². The van der Waals surface area contributed by atoms with Gasteiger partial charge < -0.3 is 15.3 Å². The van der Waals surface area contributed by atoms with Gasteiger partial charge >= 0.3 is 5.97 Å². The largest absolute Gasteiger partial charge is 0.480 e. The Kier molecular flexibility index (Phi) is 3.85. The van der Waals surface area contributed by atoms with E-state index < -0.39 is 17.6 Å². The van der Waals surface area contributed by atoms with Gasteiger partial charge in [-0.2, -0.15) is 0 Å². The zero-order valence-corrected chi connectivity index (χ0v) is 12.0. The second-order valence-electron chi connectivity index (χ2n) is 6.29. The van der Waals surface area contributed by atoms with Crippen LogP contribution in [-0.2, 0) is 9.59 Å². The highest BCUT2D eigenvalue weighted by atomic mass is 16.4. The molecule has 2 N–H and O–H groups in total. The van der Waals surface area contributed by atoms with E-state index >= 15 is 0 Å². The molecule has 0 aromatic rings. The van der Waals surface area contributed by atoms with E-state index in [0.717, 1.165) is 25.7 Å². The van der Waals surface area contributed by atoms with E-state index in [-0.39, 0.29) is 11.9 Å². The maximum absolute atomic E-state index is 12.7. The van der Waals surface area contributed by atoms with E-state index in [1.165, 1.54) is 0 Å². The third-order valence-corrected chi connectivity index (χ3v) is 4.77. The van der Waals surface area contributed by atoms with E-state index in [4.69, 9.17) is 0 Å². The number of nitrogens with one attached hydrogen (secondary N) is 1. The lowest BCUT2D eigenvalue weighted by molar-refractivity contribution is -0.152. The summed E-state index contributed by atoms with van der Waals surface area (Å²) in [5.41, 5.74) is -0.708. The molecule has 5 nitrogen and oxygen atoms in total. The summed E-state index contributed by atoms with van der Waals surface area (Å²) in [5.74, 6) is -0.585. The molecule has 3 unspecified atom stereocenters. The lowest BCUT2D eigenvalue weighted by Gasteiger charge is -2.37. The Balaban J connectivity index is 2.27. The zero-order chi connectivity index (χ0) is 14.2. The second kappa shape index (κ2) is 5.12. The molecule has 3 atom stereocenters. The molecule has 2 rings (SSSR count). The summed E-state index contributed by atoms with van der Waals surface area (Å²) >= 11 is 0. The molecule has 0 radical (unpaired) electrons. The minimum absolute atomic E-state index is 0.0863. The molecule has 1 saturated carbocycles. The lowest BCUT2D eigenvalue weighted by Crippen LogP contribution is -2.58. The smallest absolute Gasteiger partial charge is 0.326 e. The number of likely N-dealkylation sites (N-methyl/N-ethyl adjacent to an activating group) is 1. The van der Waals surface area contributed by atoms with Crippen molar-refractivity contribution in [2.75, 3.05) is 7.05 Å². The summed E-state index contributed by atoms with van der Waals surface area (Å²) in [4.78, 5) is 25.8.